The molecule has 30 heavy (non-hydrogen) atoms. The van der Waals surface area contributed by atoms with E-state index in [4.69, 9.17) is 32.7 Å². The van der Waals surface area contributed by atoms with E-state index in [2.05, 4.69) is 14.8 Å². The molecule has 0 bridgehead atoms. The Balaban J connectivity index is 1.72. The molecule has 8 nitrogen and oxygen atoms in total. The number of ether oxygens (including phenoxy) is 2. The molecule has 2 heterocycles. The van der Waals surface area contributed by atoms with E-state index in [0.29, 0.717) is 32.0 Å². The van der Waals surface area contributed by atoms with E-state index in [0.717, 1.165) is 0 Å². The van der Waals surface area contributed by atoms with Crippen molar-refractivity contribution in [1.82, 2.24) is 14.6 Å². The number of sulfonamides is 1. The second-order valence-corrected chi connectivity index (χ2v) is 9.33. The molecule has 0 aliphatic rings. The Kier molecular flexibility index (Phi) is 5.49. The van der Waals surface area contributed by atoms with Gasteiger partial charge >= 0.3 is 0 Å². The third kappa shape index (κ3) is 3.79. The summed E-state index contributed by atoms with van der Waals surface area (Å²) in [6.45, 7) is 0. The molecule has 4 aromatic rings. The molecule has 0 aliphatic carbocycles. The summed E-state index contributed by atoms with van der Waals surface area (Å²) < 4.78 is 40.0. The van der Waals surface area contributed by atoms with Crippen LogP contribution in [0.3, 0.4) is 0 Å². The van der Waals surface area contributed by atoms with Crippen LogP contribution in [-0.2, 0) is 10.0 Å². The van der Waals surface area contributed by atoms with E-state index in [1.165, 1.54) is 42.2 Å². The van der Waals surface area contributed by atoms with Crippen molar-refractivity contribution in [3.63, 3.8) is 0 Å². The van der Waals surface area contributed by atoms with Crippen LogP contribution in [0.2, 0.25) is 10.0 Å². The van der Waals surface area contributed by atoms with Crippen LogP contribution in [0.15, 0.2) is 46.7 Å². The predicted octanol–water partition coefficient (Wildman–Crippen LogP) is 4.58. The Bertz CT molecular complexity index is 1350. The van der Waals surface area contributed by atoms with Gasteiger partial charge in [0.2, 0.25) is 4.96 Å². The van der Waals surface area contributed by atoms with Crippen molar-refractivity contribution in [2.24, 2.45) is 0 Å². The van der Waals surface area contributed by atoms with E-state index >= 15 is 0 Å². The van der Waals surface area contributed by atoms with E-state index in [1.54, 1.807) is 24.3 Å². The first-order valence-corrected chi connectivity index (χ1v) is 11.5. The number of hydrogen-bond acceptors (Lipinski definition) is 7. The smallest absolute Gasteiger partial charge is 0.268 e. The van der Waals surface area contributed by atoms with Crippen molar-refractivity contribution >= 4 is 55.5 Å². The van der Waals surface area contributed by atoms with Gasteiger partial charge in [-0.1, -0.05) is 23.2 Å². The summed E-state index contributed by atoms with van der Waals surface area (Å²) in [5.74, 6) is 0.450. The summed E-state index contributed by atoms with van der Waals surface area (Å²) in [5.41, 5.74) is 1.36. The van der Waals surface area contributed by atoms with Crippen molar-refractivity contribution < 1.29 is 17.9 Å². The minimum atomic E-state index is -4.04. The topological polar surface area (TPSA) is 94.8 Å². The van der Waals surface area contributed by atoms with Crippen LogP contribution in [-0.4, -0.2) is 37.2 Å². The van der Waals surface area contributed by atoms with Crippen LogP contribution in [0.25, 0.3) is 16.2 Å². The Morgan fingerprint density at radius 3 is 2.60 bits per heavy atom. The summed E-state index contributed by atoms with van der Waals surface area (Å²) in [5, 5.41) is 7.06. The highest BCUT2D eigenvalue weighted by Crippen LogP contribution is 2.34. The number of halogens is 2. The number of fused-ring (bicyclic) bond motifs is 1. The van der Waals surface area contributed by atoms with E-state index < -0.39 is 10.0 Å². The fraction of sp³-hybridized carbons (Fsp3) is 0.111. The number of methoxy groups -OCH3 is 2. The van der Waals surface area contributed by atoms with Crippen molar-refractivity contribution in [2.75, 3.05) is 18.9 Å². The van der Waals surface area contributed by atoms with Gasteiger partial charge in [0.05, 0.1) is 24.9 Å². The lowest BCUT2D eigenvalue weighted by Gasteiger charge is -2.11. The monoisotopic (exact) mass is 484 g/mol. The molecule has 156 valence electrons. The maximum atomic E-state index is 12.9. The van der Waals surface area contributed by atoms with Crippen molar-refractivity contribution in [2.45, 2.75) is 4.90 Å². The molecule has 0 fully saturated rings. The number of aromatic nitrogens is 3. The lowest BCUT2D eigenvalue weighted by molar-refractivity contribution is 0.392. The second kappa shape index (κ2) is 7.95. The number of nitrogens with one attached hydrogen (secondary N) is 1. The first-order valence-electron chi connectivity index (χ1n) is 8.37. The van der Waals surface area contributed by atoms with Crippen LogP contribution in [0, 0.1) is 0 Å². The molecule has 0 atom stereocenters. The molecule has 2 aromatic heterocycles. The van der Waals surface area contributed by atoms with Crippen molar-refractivity contribution in [3.8, 4) is 22.8 Å². The number of anilines is 1. The zero-order chi connectivity index (χ0) is 21.5. The van der Waals surface area contributed by atoms with Crippen molar-refractivity contribution in [1.29, 1.82) is 0 Å². The highest BCUT2D eigenvalue weighted by Gasteiger charge is 2.23. The number of nitrogens with zero attached hydrogens (tertiary/aromatic N) is 3. The normalized spacial score (nSPS) is 11.6. The van der Waals surface area contributed by atoms with E-state index in [1.807, 2.05) is 5.38 Å². The van der Waals surface area contributed by atoms with Gasteiger partial charge in [-0.15, -0.1) is 16.4 Å². The first-order chi connectivity index (χ1) is 14.3. The fourth-order valence-corrected chi connectivity index (χ4v) is 5.23. The van der Waals surface area contributed by atoms with Gasteiger partial charge in [-0.05, 0) is 30.3 Å². The highest BCUT2D eigenvalue weighted by atomic mass is 35.5. The first kappa shape index (κ1) is 20.7. The van der Waals surface area contributed by atoms with Crippen LogP contribution >= 0.6 is 34.5 Å². The van der Waals surface area contributed by atoms with Gasteiger partial charge in [0, 0.05) is 22.0 Å². The van der Waals surface area contributed by atoms with Gasteiger partial charge in [-0.2, -0.15) is 4.98 Å². The third-order valence-corrected chi connectivity index (χ3v) is 6.89. The Hall–Kier alpha value is -2.53. The summed E-state index contributed by atoms with van der Waals surface area (Å²) in [6, 6.07) is 9.56. The molecular weight excluding hydrogens is 471 g/mol. The molecule has 0 radical (unpaired) electrons. The third-order valence-electron chi connectivity index (χ3n) is 4.17. The van der Waals surface area contributed by atoms with Gasteiger partial charge < -0.3 is 9.47 Å². The average molecular weight is 485 g/mol. The largest absolute Gasteiger partial charge is 0.497 e. The summed E-state index contributed by atoms with van der Waals surface area (Å²) >= 11 is 13.6. The minimum Gasteiger partial charge on any atom is -0.497 e. The molecule has 0 saturated carbocycles. The van der Waals surface area contributed by atoms with Crippen LogP contribution < -0.4 is 14.2 Å². The molecule has 0 aliphatic heterocycles. The molecule has 2 aromatic carbocycles. The van der Waals surface area contributed by atoms with Crippen molar-refractivity contribution in [3.05, 3.63) is 51.8 Å². The number of hydrogen-bond donors (Lipinski definition) is 1. The Labute approximate surface area is 186 Å². The van der Waals surface area contributed by atoms with Crippen LogP contribution in [0.4, 0.5) is 5.95 Å². The molecule has 0 amide bonds. The average Bonchev–Trinajstić information content (AvgIpc) is 3.27. The van der Waals surface area contributed by atoms with Crippen LogP contribution in [0.1, 0.15) is 0 Å². The summed E-state index contributed by atoms with van der Waals surface area (Å²) in [7, 11) is -1.21. The Morgan fingerprint density at radius 2 is 1.90 bits per heavy atom. The molecule has 4 rings (SSSR count). The van der Waals surface area contributed by atoms with Crippen LogP contribution in [0.5, 0.6) is 11.5 Å². The predicted molar refractivity (Wildman–Crippen MR) is 117 cm³/mol. The maximum Gasteiger partial charge on any atom is 0.268 e. The quantitative estimate of drug-likeness (QED) is 0.430. The highest BCUT2D eigenvalue weighted by molar-refractivity contribution is 7.92. The SMILES string of the molecule is COc1ccc(OC)c(S(=O)(=O)Nc2nc3scc(-c4ccc(Cl)cc4Cl)n3n2)c1. The number of benzene rings is 2. The zero-order valence-corrected chi connectivity index (χ0v) is 18.7. The molecule has 1 N–H and O–H groups in total. The fourth-order valence-electron chi connectivity index (χ4n) is 2.78. The second-order valence-electron chi connectivity index (χ2n) is 6.00. The zero-order valence-electron chi connectivity index (χ0n) is 15.6. The van der Waals surface area contributed by atoms with Gasteiger partial charge in [-0.25, -0.2) is 17.7 Å². The van der Waals surface area contributed by atoms with Gasteiger partial charge in [0.25, 0.3) is 16.0 Å². The molecule has 0 spiro atoms. The lowest BCUT2D eigenvalue weighted by atomic mass is 10.2. The van der Waals surface area contributed by atoms with Gasteiger partial charge in [0.1, 0.15) is 16.4 Å². The number of rotatable bonds is 6. The maximum absolute atomic E-state index is 12.9. The summed E-state index contributed by atoms with van der Waals surface area (Å²) in [6.07, 6.45) is 0. The lowest BCUT2D eigenvalue weighted by Crippen LogP contribution is -2.15. The standard InChI is InChI=1S/C18H14Cl2N4O4S2/c1-27-11-4-6-15(28-2)16(8-11)30(25,26)23-17-21-18-24(22-17)14(9-29-18)12-5-3-10(19)7-13(12)20/h3-9H,1-2H3,(H,22,23). The molecule has 12 heteroatoms. The number of thiazole rings is 1. The molecule has 0 saturated heterocycles. The van der Waals surface area contributed by atoms with Gasteiger partial charge in [-0.3, -0.25) is 0 Å². The minimum absolute atomic E-state index is 0.0851. The molecule has 0 unspecified atom stereocenters. The summed E-state index contributed by atoms with van der Waals surface area (Å²) in [4.78, 5) is 4.65. The van der Waals surface area contributed by atoms with E-state index in [9.17, 15) is 8.42 Å². The van der Waals surface area contributed by atoms with E-state index in [-0.39, 0.29) is 16.6 Å². The van der Waals surface area contributed by atoms with Gasteiger partial charge in [0.15, 0.2) is 0 Å². The Morgan fingerprint density at radius 1 is 1.10 bits per heavy atom. The molecular formula is C18H14Cl2N4O4S2.